The maximum Gasteiger partial charge on any atom is 0.253 e. The van der Waals surface area contributed by atoms with E-state index in [-0.39, 0.29) is 11.8 Å². The van der Waals surface area contributed by atoms with Gasteiger partial charge in [0.15, 0.2) is 0 Å². The normalized spacial score (nSPS) is 15.3. The van der Waals surface area contributed by atoms with Crippen LogP contribution >= 0.6 is 0 Å². The van der Waals surface area contributed by atoms with Crippen molar-refractivity contribution < 1.29 is 9.59 Å². The summed E-state index contributed by atoms with van der Waals surface area (Å²) in [7, 11) is 0. The minimum Gasteiger partial charge on any atom is -0.361 e. The lowest BCUT2D eigenvalue weighted by Gasteiger charge is -2.34. The molecule has 1 fully saturated rings. The molecular formula is C29H26N4O2. The van der Waals surface area contributed by atoms with Crippen LogP contribution in [0.1, 0.15) is 34.1 Å². The number of piperazine rings is 1. The van der Waals surface area contributed by atoms with E-state index in [9.17, 15) is 9.59 Å². The van der Waals surface area contributed by atoms with Crippen LogP contribution in [0.25, 0.3) is 27.6 Å². The van der Waals surface area contributed by atoms with Crippen molar-refractivity contribution in [3.05, 3.63) is 95.5 Å². The Balaban J connectivity index is 1.22. The number of nitrogens with one attached hydrogen (secondary N) is 1. The van der Waals surface area contributed by atoms with Crippen LogP contribution in [0.15, 0.2) is 73.1 Å². The van der Waals surface area contributed by atoms with Gasteiger partial charge in [-0.2, -0.15) is 0 Å². The van der Waals surface area contributed by atoms with E-state index in [0.29, 0.717) is 31.7 Å². The summed E-state index contributed by atoms with van der Waals surface area (Å²) in [5.41, 5.74) is 8.54. The maximum atomic E-state index is 13.0. The third-order valence-corrected chi connectivity index (χ3v) is 7.10. The van der Waals surface area contributed by atoms with Crippen molar-refractivity contribution in [1.29, 1.82) is 0 Å². The van der Waals surface area contributed by atoms with Gasteiger partial charge in [0.05, 0.1) is 5.69 Å². The molecule has 0 saturated carbocycles. The van der Waals surface area contributed by atoms with Crippen LogP contribution in [0.2, 0.25) is 0 Å². The average Bonchev–Trinajstić information content (AvgIpc) is 3.54. The van der Waals surface area contributed by atoms with Gasteiger partial charge < -0.3 is 14.8 Å². The number of fused-ring (bicyclic) bond motifs is 2. The third kappa shape index (κ3) is 3.91. The molecule has 174 valence electrons. The van der Waals surface area contributed by atoms with Crippen molar-refractivity contribution in [2.45, 2.75) is 13.3 Å². The number of hydrogen-bond acceptors (Lipinski definition) is 3. The van der Waals surface area contributed by atoms with E-state index >= 15 is 0 Å². The second-order valence-electron chi connectivity index (χ2n) is 9.20. The average molecular weight is 463 g/mol. The van der Waals surface area contributed by atoms with Crippen LogP contribution in [0.3, 0.4) is 0 Å². The highest BCUT2D eigenvalue weighted by molar-refractivity contribution is 5.95. The van der Waals surface area contributed by atoms with Gasteiger partial charge in [-0.3, -0.25) is 14.6 Å². The van der Waals surface area contributed by atoms with Gasteiger partial charge in [-0.1, -0.05) is 24.3 Å². The Morgan fingerprint density at radius 2 is 1.60 bits per heavy atom. The molecule has 2 aromatic carbocycles. The van der Waals surface area contributed by atoms with E-state index in [1.165, 1.54) is 22.1 Å². The van der Waals surface area contributed by atoms with E-state index in [0.717, 1.165) is 28.8 Å². The predicted molar refractivity (Wildman–Crippen MR) is 137 cm³/mol. The molecular weight excluding hydrogens is 436 g/mol. The number of benzene rings is 2. The van der Waals surface area contributed by atoms with Gasteiger partial charge in [-0.15, -0.1) is 0 Å². The monoisotopic (exact) mass is 462 g/mol. The van der Waals surface area contributed by atoms with Gasteiger partial charge in [0.1, 0.15) is 0 Å². The fraction of sp³-hybridized carbons (Fsp3) is 0.207. The SMILES string of the molecule is CC(=O)N1CCN(C(=O)c2ccc(-c3cnc4c(c3)C(c3ccc5[nH]ccc5c3)=CC4)cc2)CC1. The molecule has 6 rings (SSSR count). The van der Waals surface area contributed by atoms with Crippen molar-refractivity contribution in [3.63, 3.8) is 0 Å². The van der Waals surface area contributed by atoms with Crippen molar-refractivity contribution in [2.24, 2.45) is 0 Å². The summed E-state index contributed by atoms with van der Waals surface area (Å²) in [5, 5.41) is 1.20. The van der Waals surface area contributed by atoms with Crippen molar-refractivity contribution in [2.75, 3.05) is 26.2 Å². The summed E-state index contributed by atoms with van der Waals surface area (Å²) >= 11 is 0. The summed E-state index contributed by atoms with van der Waals surface area (Å²) in [6, 6.07) is 18.6. The molecule has 1 N–H and O–H groups in total. The Morgan fingerprint density at radius 3 is 2.37 bits per heavy atom. The van der Waals surface area contributed by atoms with Crippen LogP contribution in [0, 0.1) is 0 Å². The van der Waals surface area contributed by atoms with Crippen LogP contribution in [-0.2, 0) is 11.2 Å². The first-order valence-corrected chi connectivity index (χ1v) is 12.0. The molecule has 6 nitrogen and oxygen atoms in total. The number of rotatable bonds is 3. The number of H-pyrrole nitrogens is 1. The van der Waals surface area contributed by atoms with Crippen LogP contribution < -0.4 is 0 Å². The highest BCUT2D eigenvalue weighted by Crippen LogP contribution is 2.35. The first-order chi connectivity index (χ1) is 17.1. The van der Waals surface area contributed by atoms with Crippen molar-refractivity contribution >= 4 is 28.3 Å². The molecule has 0 bridgehead atoms. The second-order valence-corrected chi connectivity index (χ2v) is 9.20. The molecule has 1 aliphatic heterocycles. The molecule has 0 atom stereocenters. The Labute approximate surface area is 203 Å². The third-order valence-electron chi connectivity index (χ3n) is 7.10. The summed E-state index contributed by atoms with van der Waals surface area (Å²) in [5.74, 6) is 0.0737. The molecule has 35 heavy (non-hydrogen) atoms. The zero-order valence-electron chi connectivity index (χ0n) is 19.6. The van der Waals surface area contributed by atoms with Gasteiger partial charge in [0.2, 0.25) is 5.91 Å². The van der Waals surface area contributed by atoms with Gasteiger partial charge in [0.25, 0.3) is 5.91 Å². The molecule has 2 aliphatic rings. The van der Waals surface area contributed by atoms with Crippen LogP contribution in [-0.4, -0.2) is 57.8 Å². The molecule has 2 amide bonds. The Bertz CT molecular complexity index is 1470. The van der Waals surface area contributed by atoms with Gasteiger partial charge in [0, 0.05) is 74.1 Å². The first-order valence-electron chi connectivity index (χ1n) is 12.0. The summed E-state index contributed by atoms with van der Waals surface area (Å²) in [6.07, 6.45) is 6.97. The Kier molecular flexibility index (Phi) is 5.21. The highest BCUT2D eigenvalue weighted by Gasteiger charge is 2.23. The van der Waals surface area contributed by atoms with Gasteiger partial charge in [-0.25, -0.2) is 0 Å². The molecule has 0 unspecified atom stereocenters. The van der Waals surface area contributed by atoms with E-state index in [1.807, 2.05) is 41.6 Å². The lowest BCUT2D eigenvalue weighted by atomic mass is 9.97. The number of aromatic nitrogens is 2. The number of carbonyl (C=O) groups is 2. The number of aromatic amines is 1. The predicted octanol–water partition coefficient (Wildman–Crippen LogP) is 4.52. The minimum atomic E-state index is 0.0113. The van der Waals surface area contributed by atoms with Gasteiger partial charge >= 0.3 is 0 Å². The summed E-state index contributed by atoms with van der Waals surface area (Å²) < 4.78 is 0. The molecule has 2 aromatic heterocycles. The van der Waals surface area contributed by atoms with E-state index in [2.05, 4.69) is 41.4 Å². The smallest absolute Gasteiger partial charge is 0.253 e. The minimum absolute atomic E-state index is 0.0113. The molecule has 1 saturated heterocycles. The molecule has 0 radical (unpaired) electrons. The molecule has 4 aromatic rings. The number of hydrogen-bond donors (Lipinski definition) is 1. The standard InChI is InChI=1S/C29H26N4O2/c1-19(34)32-12-14-33(15-13-32)29(35)21-4-2-20(3-5-21)24-17-26-25(7-9-28(26)31-18-24)22-6-8-27-23(16-22)10-11-30-27/h2-8,10-11,16-18,30H,9,12-15H2,1H3. The zero-order chi connectivity index (χ0) is 23.9. The van der Waals surface area contributed by atoms with Crippen LogP contribution in [0.4, 0.5) is 0 Å². The quantitative estimate of drug-likeness (QED) is 0.487. The second kappa shape index (κ2) is 8.55. The summed E-state index contributed by atoms with van der Waals surface area (Å²) in [4.78, 5) is 36.1. The largest absolute Gasteiger partial charge is 0.361 e. The zero-order valence-corrected chi connectivity index (χ0v) is 19.6. The molecule has 1 aliphatic carbocycles. The van der Waals surface area contributed by atoms with Crippen molar-refractivity contribution in [3.8, 4) is 11.1 Å². The number of carbonyl (C=O) groups excluding carboxylic acids is 2. The number of allylic oxidation sites excluding steroid dienone is 1. The topological polar surface area (TPSA) is 69.3 Å². The molecule has 3 heterocycles. The molecule has 0 spiro atoms. The van der Waals surface area contributed by atoms with E-state index in [1.54, 1.807) is 11.8 Å². The lowest BCUT2D eigenvalue weighted by molar-refractivity contribution is -0.130. The van der Waals surface area contributed by atoms with Crippen LogP contribution in [0.5, 0.6) is 0 Å². The van der Waals surface area contributed by atoms with E-state index in [4.69, 9.17) is 4.98 Å². The fourth-order valence-electron chi connectivity index (χ4n) is 5.06. The first kappa shape index (κ1) is 21.4. The summed E-state index contributed by atoms with van der Waals surface area (Å²) in [6.45, 7) is 3.89. The lowest BCUT2D eigenvalue weighted by Crippen LogP contribution is -2.50. The number of nitrogens with zero attached hydrogens (tertiary/aromatic N) is 3. The highest BCUT2D eigenvalue weighted by atomic mass is 16.2. The number of pyridine rings is 1. The van der Waals surface area contributed by atoms with Crippen molar-refractivity contribution in [1.82, 2.24) is 19.8 Å². The Hall–Kier alpha value is -4.19. The number of amides is 2. The maximum absolute atomic E-state index is 13.0. The fourth-order valence-corrected chi connectivity index (χ4v) is 5.06. The van der Waals surface area contributed by atoms with Gasteiger partial charge in [-0.05, 0) is 58.5 Å². The molecule has 6 heteroatoms. The van der Waals surface area contributed by atoms with E-state index < -0.39 is 0 Å². The Morgan fingerprint density at radius 1 is 0.857 bits per heavy atom.